The van der Waals surface area contributed by atoms with Crippen LogP contribution in [0, 0.1) is 5.82 Å². The maximum Gasteiger partial charge on any atom is 0.274 e. The van der Waals surface area contributed by atoms with Crippen molar-refractivity contribution in [3.8, 4) is 0 Å². The predicted molar refractivity (Wildman–Crippen MR) is 85.6 cm³/mol. The van der Waals surface area contributed by atoms with E-state index in [0.717, 1.165) is 18.8 Å². The topological polar surface area (TPSA) is 57.3 Å². The van der Waals surface area contributed by atoms with E-state index in [-0.39, 0.29) is 11.4 Å². The Hall–Kier alpha value is -2.47. The van der Waals surface area contributed by atoms with Gasteiger partial charge < -0.3 is 15.5 Å². The first-order valence-corrected chi connectivity index (χ1v) is 6.97. The number of carbonyl (C=O) groups excluding carboxylic acids is 1. The number of pyridine rings is 1. The first kappa shape index (κ1) is 15.9. The van der Waals surface area contributed by atoms with Gasteiger partial charge in [0.15, 0.2) is 0 Å². The zero-order chi connectivity index (χ0) is 15.9. The van der Waals surface area contributed by atoms with Crippen molar-refractivity contribution < 1.29 is 9.18 Å². The molecule has 0 saturated carbocycles. The Morgan fingerprint density at radius 2 is 2.05 bits per heavy atom. The number of halogens is 1. The number of para-hydroxylation sites is 1. The summed E-state index contributed by atoms with van der Waals surface area (Å²) in [5.41, 5.74) is 1.17. The third-order valence-corrected chi connectivity index (χ3v) is 3.00. The number of hydrogen-bond acceptors (Lipinski definition) is 4. The van der Waals surface area contributed by atoms with Crippen LogP contribution in [0.2, 0.25) is 0 Å². The van der Waals surface area contributed by atoms with E-state index in [4.69, 9.17) is 0 Å². The van der Waals surface area contributed by atoms with Gasteiger partial charge in [0.2, 0.25) is 0 Å². The normalized spacial score (nSPS) is 10.5. The molecule has 116 valence electrons. The van der Waals surface area contributed by atoms with Crippen LogP contribution in [0.25, 0.3) is 0 Å². The van der Waals surface area contributed by atoms with E-state index in [9.17, 15) is 9.18 Å². The highest BCUT2D eigenvalue weighted by molar-refractivity contribution is 6.03. The van der Waals surface area contributed by atoms with E-state index in [0.29, 0.717) is 0 Å². The minimum Gasteiger partial charge on any atom is -0.384 e. The largest absolute Gasteiger partial charge is 0.384 e. The Kier molecular flexibility index (Phi) is 5.43. The van der Waals surface area contributed by atoms with E-state index in [1.54, 1.807) is 30.5 Å². The van der Waals surface area contributed by atoms with Crippen molar-refractivity contribution in [1.82, 2.24) is 9.88 Å². The minimum absolute atomic E-state index is 0.139. The summed E-state index contributed by atoms with van der Waals surface area (Å²) in [7, 11) is 3.98. The van der Waals surface area contributed by atoms with Gasteiger partial charge in [0.05, 0.1) is 5.69 Å². The number of nitrogens with zero attached hydrogens (tertiary/aromatic N) is 2. The predicted octanol–water partition coefficient (Wildman–Crippen LogP) is 2.45. The van der Waals surface area contributed by atoms with Crippen molar-refractivity contribution in [3.63, 3.8) is 0 Å². The molecule has 0 spiro atoms. The molecule has 0 saturated heterocycles. The fourth-order valence-corrected chi connectivity index (χ4v) is 1.84. The molecule has 22 heavy (non-hydrogen) atoms. The highest BCUT2D eigenvalue weighted by atomic mass is 19.1. The number of amides is 1. The molecule has 1 amide bonds. The molecule has 0 aliphatic rings. The molecule has 0 fully saturated rings. The molecule has 0 atom stereocenters. The molecular formula is C16H19FN4O. The number of nitrogens with one attached hydrogen (secondary N) is 2. The molecule has 2 N–H and O–H groups in total. The van der Waals surface area contributed by atoms with Crippen LogP contribution in [-0.2, 0) is 0 Å². The molecule has 0 aliphatic carbocycles. The van der Waals surface area contributed by atoms with E-state index < -0.39 is 11.7 Å². The van der Waals surface area contributed by atoms with Crippen molar-refractivity contribution >= 4 is 17.3 Å². The summed E-state index contributed by atoms with van der Waals surface area (Å²) < 4.78 is 13.5. The van der Waals surface area contributed by atoms with Crippen molar-refractivity contribution in [2.45, 2.75) is 0 Å². The lowest BCUT2D eigenvalue weighted by Gasteiger charge is -2.12. The summed E-state index contributed by atoms with van der Waals surface area (Å²) in [5.74, 6) is -0.919. The molecule has 2 rings (SSSR count). The van der Waals surface area contributed by atoms with Crippen molar-refractivity contribution in [2.24, 2.45) is 0 Å². The SMILES string of the molecule is CN(C)CCNc1ccnc(C(=O)Nc2ccccc2F)c1. The summed E-state index contributed by atoms with van der Waals surface area (Å²) >= 11 is 0. The van der Waals surface area contributed by atoms with Crippen LogP contribution in [0.1, 0.15) is 10.5 Å². The minimum atomic E-state index is -0.476. The van der Waals surface area contributed by atoms with Gasteiger partial charge in [-0.2, -0.15) is 0 Å². The zero-order valence-corrected chi connectivity index (χ0v) is 12.6. The number of benzene rings is 1. The lowest BCUT2D eigenvalue weighted by atomic mass is 10.2. The number of rotatable bonds is 6. The van der Waals surface area contributed by atoms with Crippen molar-refractivity contribution in [1.29, 1.82) is 0 Å². The summed E-state index contributed by atoms with van der Waals surface area (Å²) in [6.45, 7) is 1.63. The second-order valence-corrected chi connectivity index (χ2v) is 5.09. The Morgan fingerprint density at radius 3 is 2.77 bits per heavy atom. The molecule has 0 radical (unpaired) electrons. The third kappa shape index (κ3) is 4.53. The molecule has 6 heteroatoms. The van der Waals surface area contributed by atoms with Gasteiger partial charge in [0, 0.05) is 25.0 Å². The smallest absolute Gasteiger partial charge is 0.274 e. The number of anilines is 2. The fourth-order valence-electron chi connectivity index (χ4n) is 1.84. The van der Waals surface area contributed by atoms with Gasteiger partial charge in [-0.05, 0) is 38.4 Å². The van der Waals surface area contributed by atoms with Gasteiger partial charge in [0.1, 0.15) is 11.5 Å². The standard InChI is InChI=1S/C16H19FN4O/c1-21(2)10-9-18-12-7-8-19-15(11-12)16(22)20-14-6-4-3-5-13(14)17/h3-8,11H,9-10H2,1-2H3,(H,18,19)(H,20,22). The Balaban J connectivity index is 2.02. The van der Waals surface area contributed by atoms with Gasteiger partial charge in [-0.15, -0.1) is 0 Å². The van der Waals surface area contributed by atoms with Crippen LogP contribution in [0.4, 0.5) is 15.8 Å². The Labute approximate surface area is 129 Å². The highest BCUT2D eigenvalue weighted by Crippen LogP contribution is 2.14. The van der Waals surface area contributed by atoms with E-state index >= 15 is 0 Å². The zero-order valence-electron chi connectivity index (χ0n) is 12.6. The quantitative estimate of drug-likeness (QED) is 0.860. The first-order valence-electron chi connectivity index (χ1n) is 6.97. The Morgan fingerprint density at radius 1 is 1.27 bits per heavy atom. The lowest BCUT2D eigenvalue weighted by Crippen LogP contribution is -2.21. The molecule has 1 heterocycles. The molecule has 0 bridgehead atoms. The van der Waals surface area contributed by atoms with Crippen LogP contribution in [0.15, 0.2) is 42.6 Å². The van der Waals surface area contributed by atoms with Gasteiger partial charge in [0.25, 0.3) is 5.91 Å². The summed E-state index contributed by atoms with van der Waals surface area (Å²) in [6.07, 6.45) is 1.55. The lowest BCUT2D eigenvalue weighted by molar-refractivity contribution is 0.102. The number of carbonyl (C=O) groups is 1. The van der Waals surface area contributed by atoms with Gasteiger partial charge in [-0.1, -0.05) is 12.1 Å². The van der Waals surface area contributed by atoms with Crippen LogP contribution >= 0.6 is 0 Å². The van der Waals surface area contributed by atoms with E-state index in [1.807, 2.05) is 14.1 Å². The third-order valence-electron chi connectivity index (χ3n) is 3.00. The molecule has 1 aromatic heterocycles. The molecule has 2 aromatic rings. The van der Waals surface area contributed by atoms with Crippen molar-refractivity contribution in [2.75, 3.05) is 37.8 Å². The van der Waals surface area contributed by atoms with Crippen LogP contribution < -0.4 is 10.6 Å². The van der Waals surface area contributed by atoms with Crippen LogP contribution in [-0.4, -0.2) is 43.0 Å². The molecule has 0 unspecified atom stereocenters. The number of hydrogen-bond donors (Lipinski definition) is 2. The van der Waals surface area contributed by atoms with Gasteiger partial charge in [-0.25, -0.2) is 4.39 Å². The van der Waals surface area contributed by atoms with Gasteiger partial charge in [-0.3, -0.25) is 9.78 Å². The molecule has 5 nitrogen and oxygen atoms in total. The second kappa shape index (κ2) is 7.51. The van der Waals surface area contributed by atoms with E-state index in [2.05, 4.69) is 20.5 Å². The van der Waals surface area contributed by atoms with Crippen molar-refractivity contribution in [3.05, 3.63) is 54.1 Å². The van der Waals surface area contributed by atoms with Gasteiger partial charge >= 0.3 is 0 Å². The van der Waals surface area contributed by atoms with E-state index in [1.165, 1.54) is 12.1 Å². The average Bonchev–Trinajstić information content (AvgIpc) is 2.49. The number of aromatic nitrogens is 1. The average molecular weight is 302 g/mol. The highest BCUT2D eigenvalue weighted by Gasteiger charge is 2.10. The second-order valence-electron chi connectivity index (χ2n) is 5.09. The molecule has 0 aliphatic heterocycles. The summed E-state index contributed by atoms with van der Waals surface area (Å²) in [5, 5.41) is 5.73. The molecular weight excluding hydrogens is 283 g/mol. The summed E-state index contributed by atoms with van der Waals surface area (Å²) in [6, 6.07) is 9.46. The molecule has 1 aromatic carbocycles. The summed E-state index contributed by atoms with van der Waals surface area (Å²) in [4.78, 5) is 18.2. The number of likely N-dealkylation sites (N-methyl/N-ethyl adjacent to an activating group) is 1. The first-order chi connectivity index (χ1) is 10.6. The fraction of sp³-hybridized carbons (Fsp3) is 0.250. The van der Waals surface area contributed by atoms with Crippen LogP contribution in [0.3, 0.4) is 0 Å². The monoisotopic (exact) mass is 302 g/mol. The maximum atomic E-state index is 13.5. The maximum absolute atomic E-state index is 13.5. The Bertz CT molecular complexity index is 646. The van der Waals surface area contributed by atoms with Crippen LogP contribution in [0.5, 0.6) is 0 Å².